The molecular formula is C15H15Cl2N3S. The third-order valence-corrected chi connectivity index (χ3v) is 5.05. The van der Waals surface area contributed by atoms with Gasteiger partial charge in [0.1, 0.15) is 5.82 Å². The highest BCUT2D eigenvalue weighted by atomic mass is 35.5. The zero-order valence-electron chi connectivity index (χ0n) is 11.5. The lowest BCUT2D eigenvalue weighted by Crippen LogP contribution is -2.16. The molecular weight excluding hydrogens is 325 g/mol. The molecule has 0 bridgehead atoms. The molecule has 21 heavy (non-hydrogen) atoms. The molecule has 0 amide bonds. The molecule has 1 atom stereocenters. The van der Waals surface area contributed by atoms with E-state index in [4.69, 9.17) is 33.9 Å². The van der Waals surface area contributed by atoms with Crippen LogP contribution in [0, 0.1) is 0 Å². The molecule has 1 aromatic carbocycles. The number of fused-ring (bicyclic) bond motifs is 1. The minimum atomic E-state index is -0.205. The third-order valence-electron chi connectivity index (χ3n) is 3.53. The summed E-state index contributed by atoms with van der Waals surface area (Å²) < 4.78 is 3.51. The molecule has 3 rings (SSSR count). The molecule has 0 spiro atoms. The van der Waals surface area contributed by atoms with Crippen molar-refractivity contribution >= 4 is 45.6 Å². The van der Waals surface area contributed by atoms with Crippen LogP contribution < -0.4 is 5.73 Å². The second-order valence-corrected chi connectivity index (χ2v) is 7.14. The van der Waals surface area contributed by atoms with Crippen LogP contribution in [0.2, 0.25) is 8.67 Å². The van der Waals surface area contributed by atoms with Crippen molar-refractivity contribution in [2.45, 2.75) is 25.9 Å². The summed E-state index contributed by atoms with van der Waals surface area (Å²) in [4.78, 5) is 4.70. The van der Waals surface area contributed by atoms with Gasteiger partial charge in [-0.1, -0.05) is 35.3 Å². The molecule has 0 fully saturated rings. The van der Waals surface area contributed by atoms with Crippen molar-refractivity contribution in [1.29, 1.82) is 0 Å². The Hall–Kier alpha value is -1.07. The Morgan fingerprint density at radius 1 is 1.33 bits per heavy atom. The van der Waals surface area contributed by atoms with Gasteiger partial charge in [-0.3, -0.25) is 0 Å². The van der Waals surface area contributed by atoms with Crippen LogP contribution in [-0.4, -0.2) is 9.55 Å². The lowest BCUT2D eigenvalue weighted by Gasteiger charge is -2.12. The number of thiophene rings is 1. The molecule has 2 N–H and O–H groups in total. The Balaban J connectivity index is 1.96. The van der Waals surface area contributed by atoms with Gasteiger partial charge in [0.05, 0.1) is 19.7 Å². The lowest BCUT2D eigenvalue weighted by atomic mass is 10.1. The second-order valence-electron chi connectivity index (χ2n) is 4.85. The van der Waals surface area contributed by atoms with Crippen molar-refractivity contribution in [3.8, 4) is 0 Å². The summed E-state index contributed by atoms with van der Waals surface area (Å²) in [5, 5.41) is 0. The Bertz CT molecular complexity index is 778. The maximum atomic E-state index is 6.30. The fourth-order valence-corrected chi connectivity index (χ4v) is 4.14. The molecule has 3 aromatic rings. The first kappa shape index (κ1) is 14.9. The molecule has 2 heterocycles. The van der Waals surface area contributed by atoms with Crippen LogP contribution in [0.3, 0.4) is 0 Å². The lowest BCUT2D eigenvalue weighted by molar-refractivity contribution is 0.639. The second kappa shape index (κ2) is 5.97. The number of nitrogens with two attached hydrogens (primary N) is 1. The molecule has 0 aliphatic rings. The van der Waals surface area contributed by atoms with Gasteiger partial charge in [-0.05, 0) is 25.1 Å². The topological polar surface area (TPSA) is 43.8 Å². The fourth-order valence-electron chi connectivity index (χ4n) is 2.55. The van der Waals surface area contributed by atoms with Gasteiger partial charge in [-0.2, -0.15) is 0 Å². The van der Waals surface area contributed by atoms with E-state index in [2.05, 4.69) is 17.6 Å². The molecule has 0 saturated heterocycles. The standard InChI is InChI=1S/C15H15Cl2N3S/c1-2-20-12-6-4-3-5-11(12)19-14(20)8-10(18)9-7-13(16)21-15(9)17/h3-7,10H,2,8,18H2,1H3. The van der Waals surface area contributed by atoms with Crippen LogP contribution in [0.15, 0.2) is 30.3 Å². The molecule has 3 nitrogen and oxygen atoms in total. The summed E-state index contributed by atoms with van der Waals surface area (Å²) in [6, 6.07) is 9.76. The third kappa shape index (κ3) is 2.81. The molecule has 6 heteroatoms. The van der Waals surface area contributed by atoms with Crippen molar-refractivity contribution in [2.75, 3.05) is 0 Å². The number of hydrogen-bond acceptors (Lipinski definition) is 3. The van der Waals surface area contributed by atoms with Crippen molar-refractivity contribution in [3.63, 3.8) is 0 Å². The van der Waals surface area contributed by atoms with E-state index in [9.17, 15) is 0 Å². The predicted molar refractivity (Wildman–Crippen MR) is 90.4 cm³/mol. The highest BCUT2D eigenvalue weighted by Gasteiger charge is 2.18. The first-order valence-corrected chi connectivity index (χ1v) is 8.31. The summed E-state index contributed by atoms with van der Waals surface area (Å²) in [6.07, 6.45) is 0.634. The number of imidazole rings is 1. The first-order valence-electron chi connectivity index (χ1n) is 6.74. The molecule has 0 radical (unpaired) electrons. The van der Waals surface area contributed by atoms with Gasteiger partial charge < -0.3 is 10.3 Å². The van der Waals surface area contributed by atoms with Crippen LogP contribution in [0.4, 0.5) is 0 Å². The highest BCUT2D eigenvalue weighted by molar-refractivity contribution is 7.20. The van der Waals surface area contributed by atoms with Gasteiger partial charge in [0.2, 0.25) is 0 Å². The monoisotopic (exact) mass is 339 g/mol. The molecule has 110 valence electrons. The zero-order valence-corrected chi connectivity index (χ0v) is 13.8. The minimum Gasteiger partial charge on any atom is -0.328 e. The zero-order chi connectivity index (χ0) is 15.0. The maximum absolute atomic E-state index is 6.30. The van der Waals surface area contributed by atoms with Gasteiger partial charge in [0.15, 0.2) is 0 Å². The number of aromatic nitrogens is 2. The summed E-state index contributed by atoms with van der Waals surface area (Å²) in [5.41, 5.74) is 9.32. The molecule has 0 saturated carbocycles. The molecule has 0 aliphatic heterocycles. The number of benzene rings is 1. The minimum absolute atomic E-state index is 0.205. The van der Waals surface area contributed by atoms with E-state index < -0.39 is 0 Å². The van der Waals surface area contributed by atoms with Crippen molar-refractivity contribution in [3.05, 3.63) is 50.4 Å². The fraction of sp³-hybridized carbons (Fsp3) is 0.267. The van der Waals surface area contributed by atoms with Gasteiger partial charge in [-0.25, -0.2) is 4.98 Å². The largest absolute Gasteiger partial charge is 0.328 e. The number of rotatable bonds is 4. The van der Waals surface area contributed by atoms with E-state index in [1.54, 1.807) is 0 Å². The van der Waals surface area contributed by atoms with Crippen LogP contribution in [0.25, 0.3) is 11.0 Å². The maximum Gasteiger partial charge on any atom is 0.111 e. The van der Waals surface area contributed by atoms with E-state index in [1.807, 2.05) is 24.3 Å². The van der Waals surface area contributed by atoms with Crippen LogP contribution in [-0.2, 0) is 13.0 Å². The van der Waals surface area contributed by atoms with E-state index in [-0.39, 0.29) is 6.04 Å². The number of hydrogen-bond donors (Lipinski definition) is 1. The molecule has 1 unspecified atom stereocenters. The molecule has 0 aliphatic carbocycles. The Labute approximate surface area is 137 Å². The highest BCUT2D eigenvalue weighted by Crippen LogP contribution is 2.35. The van der Waals surface area contributed by atoms with Crippen molar-refractivity contribution in [1.82, 2.24) is 9.55 Å². The normalized spacial score (nSPS) is 13.0. The van der Waals surface area contributed by atoms with E-state index >= 15 is 0 Å². The Kier molecular flexibility index (Phi) is 4.22. The predicted octanol–water partition coefficient (Wildman–Crippen LogP) is 4.67. The Morgan fingerprint density at radius 3 is 2.76 bits per heavy atom. The number of aryl methyl sites for hydroxylation is 1. The summed E-state index contributed by atoms with van der Waals surface area (Å²) >= 11 is 13.5. The van der Waals surface area contributed by atoms with E-state index in [0.29, 0.717) is 15.1 Å². The summed E-state index contributed by atoms with van der Waals surface area (Å²) in [7, 11) is 0. The number of para-hydroxylation sites is 2. The average Bonchev–Trinajstić information content (AvgIpc) is 2.97. The number of halogens is 2. The van der Waals surface area contributed by atoms with Gasteiger partial charge in [0.25, 0.3) is 0 Å². The van der Waals surface area contributed by atoms with Crippen molar-refractivity contribution < 1.29 is 0 Å². The Morgan fingerprint density at radius 2 is 2.10 bits per heavy atom. The molecule has 2 aromatic heterocycles. The smallest absolute Gasteiger partial charge is 0.111 e. The summed E-state index contributed by atoms with van der Waals surface area (Å²) in [5.74, 6) is 0.976. The van der Waals surface area contributed by atoms with Crippen LogP contribution in [0.5, 0.6) is 0 Å². The summed E-state index contributed by atoms with van der Waals surface area (Å²) in [6.45, 7) is 2.97. The van der Waals surface area contributed by atoms with E-state index in [0.717, 1.165) is 29.0 Å². The van der Waals surface area contributed by atoms with Gasteiger partial charge >= 0.3 is 0 Å². The van der Waals surface area contributed by atoms with E-state index in [1.165, 1.54) is 11.3 Å². The van der Waals surface area contributed by atoms with Gasteiger partial charge in [-0.15, -0.1) is 11.3 Å². The SMILES string of the molecule is CCn1c(CC(N)c2cc(Cl)sc2Cl)nc2ccccc21. The van der Waals surface area contributed by atoms with Crippen LogP contribution in [0.1, 0.15) is 24.4 Å². The van der Waals surface area contributed by atoms with Gasteiger partial charge in [0, 0.05) is 24.6 Å². The number of nitrogens with zero attached hydrogens (tertiary/aromatic N) is 2. The first-order chi connectivity index (χ1) is 10.1. The average molecular weight is 340 g/mol. The van der Waals surface area contributed by atoms with Crippen molar-refractivity contribution in [2.24, 2.45) is 5.73 Å². The van der Waals surface area contributed by atoms with Crippen LogP contribution >= 0.6 is 34.5 Å². The quantitative estimate of drug-likeness (QED) is 0.750.